The quantitative estimate of drug-likeness (QED) is 0.866. The minimum Gasteiger partial charge on any atom is -0.493 e. The van der Waals surface area contributed by atoms with E-state index in [0.717, 1.165) is 25.2 Å². The monoisotopic (exact) mass is 281 g/mol. The maximum absolute atomic E-state index is 5.39. The fourth-order valence-electron chi connectivity index (χ4n) is 2.47. The largest absolute Gasteiger partial charge is 0.493 e. The van der Waals surface area contributed by atoms with Gasteiger partial charge in [0.15, 0.2) is 11.5 Å². The highest BCUT2D eigenvalue weighted by molar-refractivity contribution is 5.54. The lowest BCUT2D eigenvalue weighted by molar-refractivity contribution is 0.188. The van der Waals surface area contributed by atoms with E-state index in [-0.39, 0.29) is 6.04 Å². The Morgan fingerprint density at radius 3 is 2.25 bits per heavy atom. The van der Waals surface area contributed by atoms with Crippen LogP contribution in [0.25, 0.3) is 0 Å². The molecule has 0 aliphatic carbocycles. The predicted molar refractivity (Wildman–Crippen MR) is 76.9 cm³/mol. The molecule has 1 aromatic rings. The molecule has 5 nitrogen and oxygen atoms in total. The average Bonchev–Trinajstić information content (AvgIpc) is 2.98. The molecule has 1 saturated heterocycles. The van der Waals surface area contributed by atoms with Crippen LogP contribution in [-0.2, 0) is 4.74 Å². The Labute approximate surface area is 120 Å². The summed E-state index contributed by atoms with van der Waals surface area (Å²) in [6.45, 7) is 3.73. The second kappa shape index (κ2) is 6.81. The minimum absolute atomic E-state index is 0.190. The Morgan fingerprint density at radius 1 is 1.15 bits per heavy atom. The third kappa shape index (κ3) is 3.16. The molecule has 1 aliphatic heterocycles. The van der Waals surface area contributed by atoms with Crippen LogP contribution in [0.15, 0.2) is 12.1 Å². The summed E-state index contributed by atoms with van der Waals surface area (Å²) < 4.78 is 21.5. The lowest BCUT2D eigenvalue weighted by Gasteiger charge is -2.21. The average molecular weight is 281 g/mol. The highest BCUT2D eigenvalue weighted by Gasteiger charge is 2.21. The summed E-state index contributed by atoms with van der Waals surface area (Å²) in [5.74, 6) is 1.98. The molecule has 1 heterocycles. The predicted octanol–water partition coefficient (Wildman–Crippen LogP) is 2.15. The first kappa shape index (κ1) is 14.9. The van der Waals surface area contributed by atoms with Gasteiger partial charge in [0.1, 0.15) is 0 Å². The number of hydrogen-bond acceptors (Lipinski definition) is 5. The smallest absolute Gasteiger partial charge is 0.203 e. The summed E-state index contributed by atoms with van der Waals surface area (Å²) in [5, 5.41) is 3.56. The summed E-state index contributed by atoms with van der Waals surface area (Å²) in [4.78, 5) is 0. The zero-order valence-electron chi connectivity index (χ0n) is 12.6. The molecule has 0 amide bonds. The SMILES string of the molecule is COc1cc(C(C)NC2CCOC2)cc(OC)c1OC. The van der Waals surface area contributed by atoms with E-state index in [1.54, 1.807) is 21.3 Å². The molecule has 0 bridgehead atoms. The summed E-state index contributed by atoms with van der Waals surface area (Å²) in [7, 11) is 4.87. The van der Waals surface area contributed by atoms with E-state index in [2.05, 4.69) is 12.2 Å². The van der Waals surface area contributed by atoms with Crippen molar-refractivity contribution in [3.63, 3.8) is 0 Å². The molecule has 20 heavy (non-hydrogen) atoms. The Kier molecular flexibility index (Phi) is 5.09. The maximum atomic E-state index is 5.39. The number of methoxy groups -OCH3 is 3. The molecule has 1 N–H and O–H groups in total. The molecule has 5 heteroatoms. The number of benzene rings is 1. The van der Waals surface area contributed by atoms with Gasteiger partial charge in [0.05, 0.1) is 27.9 Å². The topological polar surface area (TPSA) is 49.0 Å². The molecule has 1 fully saturated rings. The normalized spacial score (nSPS) is 19.7. The lowest BCUT2D eigenvalue weighted by Crippen LogP contribution is -2.31. The first-order valence-corrected chi connectivity index (χ1v) is 6.83. The molecule has 2 atom stereocenters. The van der Waals surface area contributed by atoms with Crippen LogP contribution in [0.3, 0.4) is 0 Å². The zero-order valence-corrected chi connectivity index (χ0v) is 12.6. The van der Waals surface area contributed by atoms with E-state index in [0.29, 0.717) is 23.3 Å². The number of rotatable bonds is 6. The molecular formula is C15H23NO4. The van der Waals surface area contributed by atoms with Gasteiger partial charge in [-0.1, -0.05) is 0 Å². The number of ether oxygens (including phenoxy) is 4. The Bertz CT molecular complexity index is 418. The highest BCUT2D eigenvalue weighted by Crippen LogP contribution is 2.39. The van der Waals surface area contributed by atoms with Crippen molar-refractivity contribution in [2.45, 2.75) is 25.4 Å². The van der Waals surface area contributed by atoms with E-state index < -0.39 is 0 Å². The van der Waals surface area contributed by atoms with Gasteiger partial charge in [0, 0.05) is 18.7 Å². The second-order valence-electron chi connectivity index (χ2n) is 4.91. The van der Waals surface area contributed by atoms with E-state index in [9.17, 15) is 0 Å². The van der Waals surface area contributed by atoms with Crippen molar-refractivity contribution in [3.8, 4) is 17.2 Å². The van der Waals surface area contributed by atoms with E-state index in [4.69, 9.17) is 18.9 Å². The number of nitrogens with one attached hydrogen (secondary N) is 1. The molecule has 0 saturated carbocycles. The lowest BCUT2D eigenvalue weighted by atomic mass is 10.1. The van der Waals surface area contributed by atoms with Gasteiger partial charge in [-0.3, -0.25) is 0 Å². The van der Waals surface area contributed by atoms with E-state index in [1.807, 2.05) is 12.1 Å². The molecule has 2 rings (SSSR count). The van der Waals surface area contributed by atoms with Crippen LogP contribution in [0.1, 0.15) is 24.9 Å². The summed E-state index contributed by atoms with van der Waals surface area (Å²) in [6.07, 6.45) is 1.05. The van der Waals surface area contributed by atoms with Gasteiger partial charge < -0.3 is 24.3 Å². The molecule has 1 aliphatic rings. The van der Waals surface area contributed by atoms with Crippen LogP contribution < -0.4 is 19.5 Å². The van der Waals surface area contributed by atoms with Crippen molar-refractivity contribution < 1.29 is 18.9 Å². The molecule has 112 valence electrons. The molecule has 0 aromatic heterocycles. The van der Waals surface area contributed by atoms with Crippen molar-refractivity contribution in [2.24, 2.45) is 0 Å². The van der Waals surface area contributed by atoms with Crippen LogP contribution >= 0.6 is 0 Å². The fourth-order valence-corrected chi connectivity index (χ4v) is 2.47. The molecular weight excluding hydrogens is 258 g/mol. The molecule has 0 radical (unpaired) electrons. The molecule has 0 spiro atoms. The first-order valence-electron chi connectivity index (χ1n) is 6.83. The molecule has 2 unspecified atom stereocenters. The van der Waals surface area contributed by atoms with Crippen molar-refractivity contribution in [1.82, 2.24) is 5.32 Å². The summed E-state index contributed by atoms with van der Waals surface area (Å²) in [6, 6.07) is 4.56. The van der Waals surface area contributed by atoms with Gasteiger partial charge in [-0.05, 0) is 31.0 Å². The van der Waals surface area contributed by atoms with Crippen LogP contribution in [0.5, 0.6) is 17.2 Å². The third-order valence-electron chi connectivity index (χ3n) is 3.60. The summed E-state index contributed by atoms with van der Waals surface area (Å²) >= 11 is 0. The second-order valence-corrected chi connectivity index (χ2v) is 4.91. The first-order chi connectivity index (χ1) is 9.69. The minimum atomic E-state index is 0.190. The van der Waals surface area contributed by atoms with Gasteiger partial charge in [-0.15, -0.1) is 0 Å². The zero-order chi connectivity index (χ0) is 14.5. The Morgan fingerprint density at radius 2 is 1.80 bits per heavy atom. The van der Waals surface area contributed by atoms with Gasteiger partial charge in [-0.25, -0.2) is 0 Å². The van der Waals surface area contributed by atoms with Crippen molar-refractivity contribution in [3.05, 3.63) is 17.7 Å². The number of hydrogen-bond donors (Lipinski definition) is 1. The summed E-state index contributed by atoms with van der Waals surface area (Å²) in [5.41, 5.74) is 1.10. The van der Waals surface area contributed by atoms with Crippen molar-refractivity contribution >= 4 is 0 Å². The van der Waals surface area contributed by atoms with Crippen molar-refractivity contribution in [1.29, 1.82) is 0 Å². The van der Waals surface area contributed by atoms with E-state index >= 15 is 0 Å². The van der Waals surface area contributed by atoms with Crippen LogP contribution in [0.4, 0.5) is 0 Å². The fraction of sp³-hybridized carbons (Fsp3) is 0.600. The Balaban J connectivity index is 2.21. The maximum Gasteiger partial charge on any atom is 0.203 e. The Hall–Kier alpha value is -1.46. The highest BCUT2D eigenvalue weighted by atomic mass is 16.5. The van der Waals surface area contributed by atoms with Gasteiger partial charge in [-0.2, -0.15) is 0 Å². The standard InChI is InChI=1S/C15H23NO4/c1-10(16-12-5-6-20-9-12)11-7-13(17-2)15(19-4)14(8-11)18-3/h7-8,10,12,16H,5-6,9H2,1-4H3. The van der Waals surface area contributed by atoms with Gasteiger partial charge in [0.2, 0.25) is 5.75 Å². The molecule has 1 aromatic carbocycles. The van der Waals surface area contributed by atoms with Crippen LogP contribution in [0, 0.1) is 0 Å². The van der Waals surface area contributed by atoms with Crippen molar-refractivity contribution in [2.75, 3.05) is 34.5 Å². The van der Waals surface area contributed by atoms with E-state index in [1.165, 1.54) is 0 Å². The van der Waals surface area contributed by atoms with Gasteiger partial charge >= 0.3 is 0 Å². The van der Waals surface area contributed by atoms with Crippen LogP contribution in [0.2, 0.25) is 0 Å². The van der Waals surface area contributed by atoms with Gasteiger partial charge in [0.25, 0.3) is 0 Å². The third-order valence-corrected chi connectivity index (χ3v) is 3.60. The van der Waals surface area contributed by atoms with Crippen LogP contribution in [-0.4, -0.2) is 40.6 Å².